The van der Waals surface area contributed by atoms with Gasteiger partial charge >= 0.3 is 6.03 Å². The molecular formula is C16H30N2O2. The third-order valence-electron chi connectivity index (χ3n) is 5.13. The van der Waals surface area contributed by atoms with Gasteiger partial charge in [-0.2, -0.15) is 0 Å². The van der Waals surface area contributed by atoms with E-state index in [1.807, 2.05) is 4.90 Å². The van der Waals surface area contributed by atoms with Crippen molar-refractivity contribution in [3.63, 3.8) is 0 Å². The predicted molar refractivity (Wildman–Crippen MR) is 80.6 cm³/mol. The monoisotopic (exact) mass is 282 g/mol. The minimum absolute atomic E-state index is 0.00240. The zero-order chi connectivity index (χ0) is 14.6. The molecule has 1 unspecified atom stereocenters. The molecule has 2 amide bonds. The second-order valence-corrected chi connectivity index (χ2v) is 6.93. The highest BCUT2D eigenvalue weighted by Crippen LogP contribution is 2.33. The Kier molecular flexibility index (Phi) is 5.30. The first kappa shape index (κ1) is 15.6. The van der Waals surface area contributed by atoms with Gasteiger partial charge in [-0.3, -0.25) is 0 Å². The number of carbonyl (C=O) groups is 1. The van der Waals surface area contributed by atoms with Crippen LogP contribution < -0.4 is 5.32 Å². The molecule has 1 aliphatic heterocycles. The van der Waals surface area contributed by atoms with E-state index in [1.54, 1.807) is 0 Å². The van der Waals surface area contributed by atoms with E-state index in [-0.39, 0.29) is 6.03 Å². The Morgan fingerprint density at radius 2 is 2.05 bits per heavy atom. The summed E-state index contributed by atoms with van der Waals surface area (Å²) in [5, 5.41) is 13.5. The first-order chi connectivity index (χ1) is 9.52. The Bertz CT molecular complexity index is 324. The fourth-order valence-electron chi connectivity index (χ4n) is 3.53. The second kappa shape index (κ2) is 6.79. The molecule has 1 atom stereocenters. The van der Waals surface area contributed by atoms with Crippen molar-refractivity contribution in [3.05, 3.63) is 0 Å². The van der Waals surface area contributed by atoms with E-state index in [4.69, 9.17) is 0 Å². The van der Waals surface area contributed by atoms with E-state index in [0.29, 0.717) is 12.5 Å². The number of likely N-dealkylation sites (tertiary alicyclic amines) is 1. The average molecular weight is 282 g/mol. The van der Waals surface area contributed by atoms with Crippen molar-refractivity contribution in [1.29, 1.82) is 0 Å². The van der Waals surface area contributed by atoms with Crippen LogP contribution in [-0.4, -0.2) is 41.3 Å². The summed E-state index contributed by atoms with van der Waals surface area (Å²) in [5.74, 6) is 1.35. The van der Waals surface area contributed by atoms with Gasteiger partial charge in [0.1, 0.15) is 0 Å². The molecule has 0 bridgehead atoms. The summed E-state index contributed by atoms with van der Waals surface area (Å²) >= 11 is 0. The average Bonchev–Trinajstić information content (AvgIpc) is 2.46. The SMILES string of the molecule is CCC1CCC(O)(CNC(=O)N2CCCC(C)C2)CC1. The van der Waals surface area contributed by atoms with Crippen molar-refractivity contribution in [1.82, 2.24) is 10.2 Å². The Morgan fingerprint density at radius 1 is 1.35 bits per heavy atom. The molecule has 1 saturated heterocycles. The first-order valence-corrected chi connectivity index (χ1v) is 8.27. The fourth-order valence-corrected chi connectivity index (χ4v) is 3.53. The minimum Gasteiger partial charge on any atom is -0.388 e. The fraction of sp³-hybridized carbons (Fsp3) is 0.938. The molecule has 2 N–H and O–H groups in total. The van der Waals surface area contributed by atoms with Crippen LogP contribution in [0.1, 0.15) is 58.8 Å². The van der Waals surface area contributed by atoms with Gasteiger partial charge in [-0.25, -0.2) is 4.79 Å². The van der Waals surface area contributed by atoms with Crippen LogP contribution in [-0.2, 0) is 0 Å². The number of piperidine rings is 1. The molecule has 0 aromatic rings. The summed E-state index contributed by atoms with van der Waals surface area (Å²) in [6.07, 6.45) is 7.33. The number of amides is 2. The van der Waals surface area contributed by atoms with Gasteiger partial charge < -0.3 is 15.3 Å². The summed E-state index contributed by atoms with van der Waals surface area (Å²) < 4.78 is 0. The molecule has 1 saturated carbocycles. The maximum absolute atomic E-state index is 12.2. The standard InChI is InChI=1S/C16H30N2O2/c1-3-14-6-8-16(20,9-7-14)12-17-15(19)18-10-4-5-13(2)11-18/h13-14,20H,3-12H2,1-2H3,(H,17,19). The topological polar surface area (TPSA) is 52.6 Å². The molecule has 0 aromatic carbocycles. The van der Waals surface area contributed by atoms with Crippen LogP contribution in [0.15, 0.2) is 0 Å². The van der Waals surface area contributed by atoms with E-state index in [2.05, 4.69) is 19.2 Å². The molecule has 2 rings (SSSR count). The molecule has 2 aliphatic rings. The zero-order valence-corrected chi connectivity index (χ0v) is 13.0. The van der Waals surface area contributed by atoms with Crippen LogP contribution in [0, 0.1) is 11.8 Å². The van der Waals surface area contributed by atoms with E-state index in [1.165, 1.54) is 12.8 Å². The van der Waals surface area contributed by atoms with E-state index in [9.17, 15) is 9.90 Å². The van der Waals surface area contributed by atoms with Gasteiger partial charge in [0.15, 0.2) is 0 Å². The maximum atomic E-state index is 12.2. The van der Waals surface area contributed by atoms with Gasteiger partial charge in [-0.05, 0) is 50.4 Å². The highest BCUT2D eigenvalue weighted by molar-refractivity contribution is 5.74. The Morgan fingerprint density at radius 3 is 2.65 bits per heavy atom. The van der Waals surface area contributed by atoms with Gasteiger partial charge in [-0.15, -0.1) is 0 Å². The number of urea groups is 1. The van der Waals surface area contributed by atoms with Crippen molar-refractivity contribution in [3.8, 4) is 0 Å². The first-order valence-electron chi connectivity index (χ1n) is 8.27. The lowest BCUT2D eigenvalue weighted by Crippen LogP contribution is -2.51. The number of hydrogen-bond acceptors (Lipinski definition) is 2. The predicted octanol–water partition coefficient (Wildman–Crippen LogP) is 2.76. The third kappa shape index (κ3) is 4.11. The van der Waals surface area contributed by atoms with E-state index in [0.717, 1.165) is 51.1 Å². The lowest BCUT2D eigenvalue weighted by atomic mass is 9.78. The summed E-state index contributed by atoms with van der Waals surface area (Å²) in [7, 11) is 0. The highest BCUT2D eigenvalue weighted by Gasteiger charge is 2.33. The molecule has 116 valence electrons. The zero-order valence-electron chi connectivity index (χ0n) is 13.0. The van der Waals surface area contributed by atoms with Crippen molar-refractivity contribution >= 4 is 6.03 Å². The normalized spacial score (nSPS) is 34.9. The van der Waals surface area contributed by atoms with E-state index < -0.39 is 5.60 Å². The quantitative estimate of drug-likeness (QED) is 0.836. The van der Waals surface area contributed by atoms with Crippen molar-refractivity contribution in [2.24, 2.45) is 11.8 Å². The molecule has 1 aliphatic carbocycles. The Balaban J connectivity index is 1.75. The summed E-state index contributed by atoms with van der Waals surface area (Å²) in [6.45, 7) is 6.52. The van der Waals surface area contributed by atoms with Gasteiger partial charge in [0.25, 0.3) is 0 Å². The molecule has 4 nitrogen and oxygen atoms in total. The molecule has 0 spiro atoms. The second-order valence-electron chi connectivity index (χ2n) is 6.93. The van der Waals surface area contributed by atoms with Crippen LogP contribution in [0.5, 0.6) is 0 Å². The van der Waals surface area contributed by atoms with Gasteiger partial charge in [-0.1, -0.05) is 20.3 Å². The van der Waals surface area contributed by atoms with Crippen molar-refractivity contribution < 1.29 is 9.90 Å². The molecule has 2 fully saturated rings. The molecule has 1 heterocycles. The number of carbonyl (C=O) groups excluding carboxylic acids is 1. The molecule has 4 heteroatoms. The van der Waals surface area contributed by atoms with E-state index >= 15 is 0 Å². The molecule has 0 aromatic heterocycles. The summed E-state index contributed by atoms with van der Waals surface area (Å²) in [5.41, 5.74) is -0.678. The number of hydrogen-bond donors (Lipinski definition) is 2. The van der Waals surface area contributed by atoms with Gasteiger partial charge in [0.05, 0.1) is 5.60 Å². The third-order valence-corrected chi connectivity index (χ3v) is 5.13. The summed E-state index contributed by atoms with van der Waals surface area (Å²) in [6, 6.07) is 0.00240. The highest BCUT2D eigenvalue weighted by atomic mass is 16.3. The lowest BCUT2D eigenvalue weighted by Gasteiger charge is -2.37. The Labute approximate surface area is 122 Å². The van der Waals surface area contributed by atoms with Crippen LogP contribution in [0.2, 0.25) is 0 Å². The molecular weight excluding hydrogens is 252 g/mol. The number of rotatable bonds is 3. The van der Waals surface area contributed by atoms with Crippen LogP contribution in [0.25, 0.3) is 0 Å². The van der Waals surface area contributed by atoms with Crippen LogP contribution in [0.3, 0.4) is 0 Å². The van der Waals surface area contributed by atoms with Crippen molar-refractivity contribution in [2.75, 3.05) is 19.6 Å². The lowest BCUT2D eigenvalue weighted by molar-refractivity contribution is -0.00751. The van der Waals surface area contributed by atoms with Crippen LogP contribution in [0.4, 0.5) is 4.79 Å². The van der Waals surface area contributed by atoms with Crippen LogP contribution >= 0.6 is 0 Å². The largest absolute Gasteiger partial charge is 0.388 e. The van der Waals surface area contributed by atoms with Gasteiger partial charge in [0.2, 0.25) is 0 Å². The number of nitrogens with zero attached hydrogens (tertiary/aromatic N) is 1. The smallest absolute Gasteiger partial charge is 0.317 e. The Hall–Kier alpha value is -0.770. The van der Waals surface area contributed by atoms with Gasteiger partial charge in [0, 0.05) is 19.6 Å². The number of aliphatic hydroxyl groups is 1. The summed E-state index contributed by atoms with van der Waals surface area (Å²) in [4.78, 5) is 14.1. The minimum atomic E-state index is -0.678. The molecule has 0 radical (unpaired) electrons. The molecule has 20 heavy (non-hydrogen) atoms. The number of nitrogens with one attached hydrogen (secondary N) is 1. The van der Waals surface area contributed by atoms with Crippen molar-refractivity contribution in [2.45, 2.75) is 64.4 Å². The maximum Gasteiger partial charge on any atom is 0.317 e.